The summed E-state index contributed by atoms with van der Waals surface area (Å²) < 4.78 is 0. The third-order valence-electron chi connectivity index (χ3n) is 5.73. The number of aromatic nitrogens is 2. The maximum atomic E-state index is 12.6. The van der Waals surface area contributed by atoms with Gasteiger partial charge >= 0.3 is 0 Å². The third kappa shape index (κ3) is 3.23. The molecule has 2 aromatic rings. The van der Waals surface area contributed by atoms with Gasteiger partial charge in [0.05, 0.1) is 23.0 Å². The number of carbonyl (C=O) groups is 3. The summed E-state index contributed by atoms with van der Waals surface area (Å²) in [6.07, 6.45) is 1.02. The highest BCUT2D eigenvalue weighted by Gasteiger charge is 2.53. The summed E-state index contributed by atoms with van der Waals surface area (Å²) >= 11 is 0. The molecular weight excluding hydrogens is 358 g/mol. The molecule has 2 aliphatic heterocycles. The van der Waals surface area contributed by atoms with E-state index in [9.17, 15) is 14.4 Å². The molecule has 4 rings (SSSR count). The van der Waals surface area contributed by atoms with Crippen LogP contribution in [0.25, 0.3) is 11.0 Å². The maximum absolute atomic E-state index is 12.6. The molecule has 8 nitrogen and oxygen atoms in total. The van der Waals surface area contributed by atoms with Crippen LogP contribution in [0.5, 0.6) is 0 Å². The highest BCUT2D eigenvalue weighted by atomic mass is 16.2. The number of aromatic amines is 1. The van der Waals surface area contributed by atoms with E-state index in [-0.39, 0.29) is 30.2 Å². The minimum absolute atomic E-state index is 0.0578. The first kappa shape index (κ1) is 18.5. The van der Waals surface area contributed by atoms with Crippen LogP contribution in [-0.4, -0.2) is 51.7 Å². The molecule has 0 saturated carbocycles. The van der Waals surface area contributed by atoms with E-state index >= 15 is 0 Å². The number of hydrogen-bond donors (Lipinski definition) is 3. The lowest BCUT2D eigenvalue weighted by Gasteiger charge is -2.22. The Labute approximate surface area is 163 Å². The zero-order valence-corrected chi connectivity index (χ0v) is 16.1. The fourth-order valence-corrected chi connectivity index (χ4v) is 4.17. The van der Waals surface area contributed by atoms with Crippen molar-refractivity contribution in [1.82, 2.24) is 25.5 Å². The van der Waals surface area contributed by atoms with Crippen LogP contribution in [0.2, 0.25) is 0 Å². The average Bonchev–Trinajstić information content (AvgIpc) is 3.37. The van der Waals surface area contributed by atoms with Gasteiger partial charge in [0.15, 0.2) is 0 Å². The molecule has 2 saturated heterocycles. The molecule has 0 aliphatic carbocycles. The Morgan fingerprint density at radius 3 is 2.89 bits per heavy atom. The molecule has 2 aliphatic rings. The van der Waals surface area contributed by atoms with Gasteiger partial charge in [-0.2, -0.15) is 0 Å². The molecule has 1 spiro atoms. The number of imidazole rings is 1. The molecule has 3 heterocycles. The average molecular weight is 383 g/mol. The molecule has 2 atom stereocenters. The second kappa shape index (κ2) is 6.92. The molecule has 3 amide bonds. The molecule has 3 N–H and O–H groups in total. The summed E-state index contributed by atoms with van der Waals surface area (Å²) in [6.45, 7) is 4.94. The molecular formula is C20H25N5O3. The van der Waals surface area contributed by atoms with Crippen LogP contribution in [0.3, 0.4) is 0 Å². The summed E-state index contributed by atoms with van der Waals surface area (Å²) in [4.78, 5) is 46.8. The molecule has 1 aromatic heterocycles. The second-order valence-corrected chi connectivity index (χ2v) is 8.09. The predicted octanol–water partition coefficient (Wildman–Crippen LogP) is 0.942. The predicted molar refractivity (Wildman–Crippen MR) is 103 cm³/mol. The van der Waals surface area contributed by atoms with Gasteiger partial charge < -0.3 is 20.5 Å². The van der Waals surface area contributed by atoms with E-state index < -0.39 is 11.5 Å². The van der Waals surface area contributed by atoms with Gasteiger partial charge in [-0.3, -0.25) is 14.4 Å². The minimum atomic E-state index is -0.647. The lowest BCUT2D eigenvalue weighted by atomic mass is 9.84. The van der Waals surface area contributed by atoms with Gasteiger partial charge in [-0.1, -0.05) is 26.0 Å². The van der Waals surface area contributed by atoms with Gasteiger partial charge in [0.1, 0.15) is 11.9 Å². The zero-order chi connectivity index (χ0) is 19.9. The molecule has 28 heavy (non-hydrogen) atoms. The van der Waals surface area contributed by atoms with Crippen LogP contribution in [-0.2, 0) is 20.9 Å². The van der Waals surface area contributed by atoms with Gasteiger partial charge in [-0.05, 0) is 25.0 Å². The molecule has 2 fully saturated rings. The largest absolute Gasteiger partial charge is 0.347 e. The van der Waals surface area contributed by atoms with E-state index in [1.165, 1.54) is 0 Å². The van der Waals surface area contributed by atoms with Gasteiger partial charge in [0.2, 0.25) is 17.7 Å². The molecule has 8 heteroatoms. The van der Waals surface area contributed by atoms with Crippen molar-refractivity contribution in [3.05, 3.63) is 30.1 Å². The number of fused-ring (bicyclic) bond motifs is 1. The van der Waals surface area contributed by atoms with E-state index in [2.05, 4.69) is 20.6 Å². The highest BCUT2D eigenvalue weighted by Crippen LogP contribution is 2.40. The monoisotopic (exact) mass is 383 g/mol. The SMILES string of the molecule is CC(C)C(=O)N1CC[C@]2(C[C@@H](C(=O)NCc3nc4ccccc4[nH]3)NC2=O)C1. The number of nitrogens with zero attached hydrogens (tertiary/aromatic N) is 2. The van der Waals surface area contributed by atoms with Crippen molar-refractivity contribution < 1.29 is 14.4 Å². The molecule has 0 radical (unpaired) electrons. The Hall–Kier alpha value is -2.90. The van der Waals surface area contributed by atoms with Crippen LogP contribution in [0.15, 0.2) is 24.3 Å². The first-order valence-corrected chi connectivity index (χ1v) is 9.69. The molecule has 0 bridgehead atoms. The van der Waals surface area contributed by atoms with Crippen LogP contribution in [0.1, 0.15) is 32.5 Å². The number of para-hydroxylation sites is 2. The van der Waals surface area contributed by atoms with Crippen LogP contribution in [0.4, 0.5) is 0 Å². The van der Waals surface area contributed by atoms with Crippen molar-refractivity contribution in [2.75, 3.05) is 13.1 Å². The number of amides is 3. The molecule has 148 valence electrons. The quantitative estimate of drug-likeness (QED) is 0.730. The van der Waals surface area contributed by atoms with E-state index in [1.54, 1.807) is 4.90 Å². The molecule has 0 unspecified atom stereocenters. The summed E-state index contributed by atoms with van der Waals surface area (Å²) in [5.41, 5.74) is 1.12. The Balaban J connectivity index is 1.37. The van der Waals surface area contributed by atoms with Gasteiger partial charge in [0.25, 0.3) is 0 Å². The van der Waals surface area contributed by atoms with Gasteiger partial charge in [0, 0.05) is 19.0 Å². The normalized spacial score (nSPS) is 24.3. The topological polar surface area (TPSA) is 107 Å². The van der Waals surface area contributed by atoms with Gasteiger partial charge in [-0.15, -0.1) is 0 Å². The van der Waals surface area contributed by atoms with E-state index in [0.29, 0.717) is 31.8 Å². The first-order chi connectivity index (χ1) is 13.4. The van der Waals surface area contributed by atoms with Crippen molar-refractivity contribution in [2.24, 2.45) is 11.3 Å². The fraction of sp³-hybridized carbons (Fsp3) is 0.500. The van der Waals surface area contributed by atoms with Crippen molar-refractivity contribution in [3.63, 3.8) is 0 Å². The Bertz CT molecular complexity index is 904. The van der Waals surface area contributed by atoms with E-state index in [1.807, 2.05) is 38.1 Å². The van der Waals surface area contributed by atoms with Crippen molar-refractivity contribution in [3.8, 4) is 0 Å². The van der Waals surface area contributed by atoms with Gasteiger partial charge in [-0.25, -0.2) is 4.98 Å². The number of nitrogens with one attached hydrogen (secondary N) is 3. The van der Waals surface area contributed by atoms with Crippen molar-refractivity contribution in [2.45, 2.75) is 39.3 Å². The Kier molecular flexibility index (Phi) is 4.56. The smallest absolute Gasteiger partial charge is 0.242 e. The second-order valence-electron chi connectivity index (χ2n) is 8.09. The number of likely N-dealkylation sites (tertiary alicyclic amines) is 1. The number of H-pyrrole nitrogens is 1. The van der Waals surface area contributed by atoms with E-state index in [0.717, 1.165) is 11.0 Å². The van der Waals surface area contributed by atoms with Crippen LogP contribution in [0, 0.1) is 11.3 Å². The number of benzene rings is 1. The lowest BCUT2D eigenvalue weighted by molar-refractivity contribution is -0.134. The summed E-state index contributed by atoms with van der Waals surface area (Å²) in [6, 6.07) is 7.09. The zero-order valence-electron chi connectivity index (χ0n) is 16.1. The summed E-state index contributed by atoms with van der Waals surface area (Å²) in [5.74, 6) is 0.280. The maximum Gasteiger partial charge on any atom is 0.242 e. The first-order valence-electron chi connectivity index (χ1n) is 9.69. The fourth-order valence-electron chi connectivity index (χ4n) is 4.17. The lowest BCUT2D eigenvalue weighted by Crippen LogP contribution is -2.41. The Morgan fingerprint density at radius 2 is 2.14 bits per heavy atom. The van der Waals surface area contributed by atoms with Crippen molar-refractivity contribution >= 4 is 28.8 Å². The van der Waals surface area contributed by atoms with Crippen molar-refractivity contribution in [1.29, 1.82) is 0 Å². The summed E-state index contributed by atoms with van der Waals surface area (Å²) in [7, 11) is 0. The third-order valence-corrected chi connectivity index (χ3v) is 5.73. The highest BCUT2D eigenvalue weighted by molar-refractivity contribution is 5.95. The minimum Gasteiger partial charge on any atom is -0.347 e. The van der Waals surface area contributed by atoms with Crippen LogP contribution < -0.4 is 10.6 Å². The number of carbonyl (C=O) groups excluding carboxylic acids is 3. The van der Waals surface area contributed by atoms with E-state index in [4.69, 9.17) is 0 Å². The summed E-state index contributed by atoms with van der Waals surface area (Å²) in [5, 5.41) is 5.67. The number of hydrogen-bond acceptors (Lipinski definition) is 4. The number of rotatable bonds is 4. The molecule has 1 aromatic carbocycles. The van der Waals surface area contributed by atoms with Crippen LogP contribution >= 0.6 is 0 Å². The Morgan fingerprint density at radius 1 is 1.36 bits per heavy atom. The standard InChI is InChI=1S/C20H25N5O3/c1-12(2)18(27)25-8-7-20(11-25)9-15(24-19(20)28)17(26)21-10-16-22-13-5-3-4-6-14(13)23-16/h3-6,12,15H,7-11H2,1-2H3,(H,21,26)(H,22,23)(H,24,28)/t15-,20-/m0/s1.